The molecule has 1 unspecified atom stereocenters. The topological polar surface area (TPSA) is 70.9 Å². The number of guanidine groups is 1. The van der Waals surface area contributed by atoms with E-state index >= 15 is 0 Å². The molecular formula is C22H30ClN5O2. The van der Waals surface area contributed by atoms with Gasteiger partial charge in [-0.3, -0.25) is 4.79 Å². The van der Waals surface area contributed by atoms with E-state index in [1.54, 1.807) is 0 Å². The van der Waals surface area contributed by atoms with Crippen LogP contribution in [-0.2, 0) is 29.7 Å². The molecule has 1 aliphatic rings. The number of ether oxygens (including phenoxy) is 1. The number of halogens is 1. The Hall–Kier alpha value is -2.51. The molecule has 0 spiro atoms. The van der Waals surface area contributed by atoms with Gasteiger partial charge in [-0.25, -0.2) is 4.99 Å². The van der Waals surface area contributed by atoms with Crippen LogP contribution in [0.2, 0.25) is 5.02 Å². The number of carbonyl (C=O) groups is 1. The first-order chi connectivity index (χ1) is 14.5. The monoisotopic (exact) mass is 431 g/mol. The van der Waals surface area contributed by atoms with E-state index in [1.165, 1.54) is 0 Å². The molecule has 1 atom stereocenters. The van der Waals surface area contributed by atoms with Crippen molar-refractivity contribution in [3.05, 3.63) is 52.8 Å². The minimum Gasteiger partial charge on any atom is -0.368 e. The Bertz CT molecular complexity index is 889. The second-order valence-electron chi connectivity index (χ2n) is 7.48. The minimum atomic E-state index is -0.341. The fourth-order valence-corrected chi connectivity index (χ4v) is 3.70. The van der Waals surface area contributed by atoms with Crippen LogP contribution in [-0.4, -0.2) is 47.6 Å². The van der Waals surface area contributed by atoms with E-state index in [-0.39, 0.29) is 12.0 Å². The molecule has 7 nitrogen and oxygen atoms in total. The molecule has 0 aliphatic carbocycles. The van der Waals surface area contributed by atoms with Crippen molar-refractivity contribution in [3.63, 3.8) is 0 Å². The highest BCUT2D eigenvalue weighted by molar-refractivity contribution is 6.30. The SMILES string of the molecule is CCNC(=NCc1cccc(NC(=O)C2CCCO2)c1)N(C)Cc1cc(Cl)cn1C. The Morgan fingerprint density at radius 2 is 2.23 bits per heavy atom. The van der Waals surface area contributed by atoms with E-state index in [0.717, 1.165) is 47.3 Å². The molecule has 0 radical (unpaired) electrons. The number of aliphatic imine (C=N–C) groups is 1. The number of hydrogen-bond acceptors (Lipinski definition) is 3. The molecule has 2 aromatic rings. The number of nitrogens with zero attached hydrogens (tertiary/aromatic N) is 3. The van der Waals surface area contributed by atoms with Crippen molar-refractivity contribution in [3.8, 4) is 0 Å². The zero-order valence-electron chi connectivity index (χ0n) is 17.8. The summed E-state index contributed by atoms with van der Waals surface area (Å²) in [4.78, 5) is 19.1. The third kappa shape index (κ3) is 6.00. The van der Waals surface area contributed by atoms with Crippen molar-refractivity contribution in [2.24, 2.45) is 12.0 Å². The maximum atomic E-state index is 12.3. The molecule has 3 rings (SSSR count). The Morgan fingerprint density at radius 1 is 1.40 bits per heavy atom. The molecule has 30 heavy (non-hydrogen) atoms. The molecule has 1 aliphatic heterocycles. The summed E-state index contributed by atoms with van der Waals surface area (Å²) in [5, 5.41) is 7.00. The maximum absolute atomic E-state index is 12.3. The summed E-state index contributed by atoms with van der Waals surface area (Å²) in [6.45, 7) is 4.66. The number of amides is 1. The molecule has 8 heteroatoms. The average Bonchev–Trinajstić information content (AvgIpc) is 3.35. The summed E-state index contributed by atoms with van der Waals surface area (Å²) < 4.78 is 7.47. The molecule has 1 aromatic heterocycles. The van der Waals surface area contributed by atoms with E-state index in [4.69, 9.17) is 21.3 Å². The third-order valence-electron chi connectivity index (χ3n) is 5.00. The summed E-state index contributed by atoms with van der Waals surface area (Å²) in [7, 11) is 3.98. The second kappa shape index (κ2) is 10.5. The zero-order chi connectivity index (χ0) is 21.5. The number of benzene rings is 1. The van der Waals surface area contributed by atoms with Gasteiger partial charge in [-0.1, -0.05) is 23.7 Å². The quantitative estimate of drug-likeness (QED) is 0.520. The fraction of sp³-hybridized carbons (Fsp3) is 0.455. The second-order valence-corrected chi connectivity index (χ2v) is 7.91. The fourth-order valence-electron chi connectivity index (χ4n) is 3.43. The molecular weight excluding hydrogens is 402 g/mol. The van der Waals surface area contributed by atoms with Gasteiger partial charge in [0.05, 0.1) is 18.1 Å². The predicted molar refractivity (Wildman–Crippen MR) is 121 cm³/mol. The van der Waals surface area contributed by atoms with Crippen LogP contribution in [0.1, 0.15) is 31.0 Å². The first-order valence-corrected chi connectivity index (χ1v) is 10.7. The highest BCUT2D eigenvalue weighted by Gasteiger charge is 2.23. The molecule has 1 amide bonds. The van der Waals surface area contributed by atoms with Crippen LogP contribution in [0.4, 0.5) is 5.69 Å². The smallest absolute Gasteiger partial charge is 0.253 e. The standard InChI is InChI=1S/C22H30ClN5O2/c1-4-24-22(28(3)15-19-12-17(23)14-27(19)2)25-13-16-7-5-8-18(11-16)26-21(29)20-9-6-10-30-20/h5,7-8,11-12,14,20H,4,6,9-10,13,15H2,1-3H3,(H,24,25)(H,26,29). The summed E-state index contributed by atoms with van der Waals surface area (Å²) >= 11 is 6.10. The number of hydrogen-bond donors (Lipinski definition) is 2. The van der Waals surface area contributed by atoms with E-state index in [0.29, 0.717) is 19.7 Å². The Morgan fingerprint density at radius 3 is 2.90 bits per heavy atom. The van der Waals surface area contributed by atoms with Gasteiger partial charge >= 0.3 is 0 Å². The largest absolute Gasteiger partial charge is 0.368 e. The number of aryl methyl sites for hydroxylation is 1. The predicted octanol–water partition coefficient (Wildman–Crippen LogP) is 3.39. The van der Waals surface area contributed by atoms with Crippen molar-refractivity contribution in [1.82, 2.24) is 14.8 Å². The summed E-state index contributed by atoms with van der Waals surface area (Å²) in [6.07, 6.45) is 3.26. The molecule has 2 N–H and O–H groups in total. The average molecular weight is 432 g/mol. The van der Waals surface area contributed by atoms with E-state index in [1.807, 2.05) is 62.1 Å². The lowest BCUT2D eigenvalue weighted by atomic mass is 10.2. The van der Waals surface area contributed by atoms with Crippen LogP contribution in [0, 0.1) is 0 Å². The summed E-state index contributed by atoms with van der Waals surface area (Å²) in [6, 6.07) is 9.74. The lowest BCUT2D eigenvalue weighted by Gasteiger charge is -2.22. The van der Waals surface area contributed by atoms with Gasteiger partial charge in [0.15, 0.2) is 5.96 Å². The highest BCUT2D eigenvalue weighted by Crippen LogP contribution is 2.17. The van der Waals surface area contributed by atoms with Gasteiger partial charge in [0.25, 0.3) is 5.91 Å². The molecule has 1 fully saturated rings. The lowest BCUT2D eigenvalue weighted by molar-refractivity contribution is -0.124. The highest BCUT2D eigenvalue weighted by atomic mass is 35.5. The van der Waals surface area contributed by atoms with Crippen LogP contribution >= 0.6 is 11.6 Å². The molecule has 2 heterocycles. The van der Waals surface area contributed by atoms with Gasteiger partial charge in [0, 0.05) is 44.8 Å². The van der Waals surface area contributed by atoms with E-state index in [2.05, 4.69) is 15.5 Å². The molecule has 162 valence electrons. The zero-order valence-corrected chi connectivity index (χ0v) is 18.6. The van der Waals surface area contributed by atoms with Crippen LogP contribution in [0.15, 0.2) is 41.5 Å². The Kier molecular flexibility index (Phi) is 7.76. The van der Waals surface area contributed by atoms with Crippen LogP contribution in [0.3, 0.4) is 0 Å². The first-order valence-electron chi connectivity index (χ1n) is 10.3. The number of anilines is 1. The summed E-state index contributed by atoms with van der Waals surface area (Å²) in [5.41, 5.74) is 2.89. The van der Waals surface area contributed by atoms with E-state index in [9.17, 15) is 4.79 Å². The van der Waals surface area contributed by atoms with Crippen LogP contribution in [0.25, 0.3) is 0 Å². The van der Waals surface area contributed by atoms with Gasteiger partial charge in [-0.05, 0) is 43.5 Å². The van der Waals surface area contributed by atoms with Crippen molar-refractivity contribution in [1.29, 1.82) is 0 Å². The van der Waals surface area contributed by atoms with Gasteiger partial charge in [0.1, 0.15) is 6.10 Å². The number of carbonyl (C=O) groups excluding carboxylic acids is 1. The number of aromatic nitrogens is 1. The van der Waals surface area contributed by atoms with Crippen LogP contribution < -0.4 is 10.6 Å². The molecule has 1 aromatic carbocycles. The Labute approximate surface area is 183 Å². The number of rotatable bonds is 7. The van der Waals surface area contributed by atoms with Gasteiger partial charge in [-0.15, -0.1) is 0 Å². The van der Waals surface area contributed by atoms with Crippen molar-refractivity contribution in [2.45, 2.75) is 39.0 Å². The molecule has 1 saturated heterocycles. The minimum absolute atomic E-state index is 0.0811. The van der Waals surface area contributed by atoms with Crippen LogP contribution in [0.5, 0.6) is 0 Å². The van der Waals surface area contributed by atoms with Crippen molar-refractivity contribution in [2.75, 3.05) is 25.5 Å². The maximum Gasteiger partial charge on any atom is 0.253 e. The van der Waals surface area contributed by atoms with E-state index < -0.39 is 0 Å². The molecule has 0 saturated carbocycles. The molecule has 0 bridgehead atoms. The number of nitrogens with one attached hydrogen (secondary N) is 2. The van der Waals surface area contributed by atoms with Crippen molar-refractivity contribution >= 4 is 29.2 Å². The Balaban J connectivity index is 1.65. The van der Waals surface area contributed by atoms with Gasteiger partial charge in [-0.2, -0.15) is 0 Å². The third-order valence-corrected chi connectivity index (χ3v) is 5.20. The van der Waals surface area contributed by atoms with Gasteiger partial charge in [0.2, 0.25) is 0 Å². The van der Waals surface area contributed by atoms with Gasteiger partial charge < -0.3 is 24.8 Å². The summed E-state index contributed by atoms with van der Waals surface area (Å²) in [5.74, 6) is 0.728. The normalized spacial score (nSPS) is 16.5. The lowest BCUT2D eigenvalue weighted by Crippen LogP contribution is -2.38. The first kappa shape index (κ1) is 22.2. The van der Waals surface area contributed by atoms with Crippen molar-refractivity contribution < 1.29 is 9.53 Å².